The number of thioether (sulfide) groups is 1. The van der Waals surface area contributed by atoms with E-state index in [-0.39, 0.29) is 5.56 Å². The molecular weight excluding hydrogens is 308 g/mol. The number of halogens is 1. The van der Waals surface area contributed by atoms with Gasteiger partial charge >= 0.3 is 5.56 Å². The number of fused-ring (bicyclic) bond motifs is 1. The van der Waals surface area contributed by atoms with Gasteiger partial charge in [0.05, 0.1) is 0 Å². The standard InChI is InChI=1S/C14H13ClN4OS/c1-3-21-14-17-16-12-13(20)18(6-7-19(12)14)10-4-5-11(15)9(2)8-10/h4-8H,3H2,1-2H3. The Kier molecular flexibility index (Phi) is 3.73. The summed E-state index contributed by atoms with van der Waals surface area (Å²) >= 11 is 7.57. The fraction of sp³-hybridized carbons (Fsp3) is 0.214. The van der Waals surface area contributed by atoms with E-state index in [1.165, 1.54) is 0 Å². The summed E-state index contributed by atoms with van der Waals surface area (Å²) < 4.78 is 3.27. The Balaban J connectivity index is 2.18. The van der Waals surface area contributed by atoms with E-state index in [2.05, 4.69) is 10.2 Å². The highest BCUT2D eigenvalue weighted by molar-refractivity contribution is 7.99. The molecular formula is C14H13ClN4OS. The first-order chi connectivity index (χ1) is 10.1. The summed E-state index contributed by atoms with van der Waals surface area (Å²) in [5.41, 5.74) is 1.80. The van der Waals surface area contributed by atoms with Gasteiger partial charge in [0.1, 0.15) is 0 Å². The van der Waals surface area contributed by atoms with Crippen molar-refractivity contribution in [2.24, 2.45) is 0 Å². The van der Waals surface area contributed by atoms with Crippen molar-refractivity contribution in [3.63, 3.8) is 0 Å². The van der Waals surface area contributed by atoms with Crippen molar-refractivity contribution in [3.05, 3.63) is 51.5 Å². The summed E-state index contributed by atoms with van der Waals surface area (Å²) in [6, 6.07) is 5.47. The Labute approximate surface area is 130 Å². The van der Waals surface area contributed by atoms with Crippen LogP contribution < -0.4 is 5.56 Å². The first kappa shape index (κ1) is 14.2. The van der Waals surface area contributed by atoms with Crippen molar-refractivity contribution in [2.75, 3.05) is 5.75 Å². The van der Waals surface area contributed by atoms with Gasteiger partial charge in [-0.3, -0.25) is 13.8 Å². The Morgan fingerprint density at radius 2 is 2.10 bits per heavy atom. The minimum Gasteiger partial charge on any atom is -0.280 e. The minimum atomic E-state index is -0.199. The number of aryl methyl sites for hydroxylation is 1. The zero-order chi connectivity index (χ0) is 15.0. The molecule has 3 rings (SSSR count). The number of benzene rings is 1. The van der Waals surface area contributed by atoms with Gasteiger partial charge in [-0.25, -0.2) is 0 Å². The minimum absolute atomic E-state index is 0.199. The van der Waals surface area contributed by atoms with Gasteiger partial charge in [-0.2, -0.15) is 0 Å². The topological polar surface area (TPSA) is 52.2 Å². The fourth-order valence-corrected chi connectivity index (χ4v) is 2.84. The lowest BCUT2D eigenvalue weighted by Gasteiger charge is -2.08. The van der Waals surface area contributed by atoms with Gasteiger partial charge in [0.2, 0.25) is 5.65 Å². The summed E-state index contributed by atoms with van der Waals surface area (Å²) in [7, 11) is 0. The lowest BCUT2D eigenvalue weighted by molar-refractivity contribution is 0.893. The Hall–Kier alpha value is -1.79. The lowest BCUT2D eigenvalue weighted by Crippen LogP contribution is -2.20. The molecule has 0 amide bonds. The summed E-state index contributed by atoms with van der Waals surface area (Å²) in [5, 5.41) is 9.45. The fourth-order valence-electron chi connectivity index (χ4n) is 2.08. The summed E-state index contributed by atoms with van der Waals surface area (Å²) in [5.74, 6) is 0.875. The maximum absolute atomic E-state index is 12.5. The molecule has 2 aromatic heterocycles. The highest BCUT2D eigenvalue weighted by Gasteiger charge is 2.11. The molecule has 0 saturated carbocycles. The summed E-state index contributed by atoms with van der Waals surface area (Å²) in [4.78, 5) is 12.5. The molecule has 108 valence electrons. The van der Waals surface area contributed by atoms with Crippen molar-refractivity contribution in [1.82, 2.24) is 19.2 Å². The number of hydrogen-bond donors (Lipinski definition) is 0. The summed E-state index contributed by atoms with van der Waals surface area (Å²) in [6.07, 6.45) is 3.53. The molecule has 0 bridgehead atoms. The third kappa shape index (κ3) is 2.45. The predicted octanol–water partition coefficient (Wildman–Crippen LogP) is 2.95. The van der Waals surface area contributed by atoms with E-state index >= 15 is 0 Å². The first-order valence-electron chi connectivity index (χ1n) is 6.47. The molecule has 0 saturated heterocycles. The average molecular weight is 321 g/mol. The molecule has 0 unspecified atom stereocenters. The first-order valence-corrected chi connectivity index (χ1v) is 7.84. The molecule has 0 aliphatic rings. The number of aromatic nitrogens is 4. The second-order valence-corrected chi connectivity index (χ2v) is 6.15. The second kappa shape index (κ2) is 5.54. The highest BCUT2D eigenvalue weighted by atomic mass is 35.5. The van der Waals surface area contributed by atoms with Crippen LogP contribution in [0.5, 0.6) is 0 Å². The lowest BCUT2D eigenvalue weighted by atomic mass is 10.2. The van der Waals surface area contributed by atoms with Gasteiger partial charge in [0.25, 0.3) is 0 Å². The van der Waals surface area contributed by atoms with E-state index in [0.29, 0.717) is 10.7 Å². The molecule has 7 heteroatoms. The van der Waals surface area contributed by atoms with Crippen LogP contribution in [0.1, 0.15) is 12.5 Å². The molecule has 0 fully saturated rings. The Morgan fingerprint density at radius 3 is 2.81 bits per heavy atom. The van der Waals surface area contributed by atoms with Crippen LogP contribution in [0.25, 0.3) is 11.3 Å². The second-order valence-electron chi connectivity index (χ2n) is 4.52. The quantitative estimate of drug-likeness (QED) is 0.696. The molecule has 0 aliphatic carbocycles. The Bertz CT molecular complexity index is 871. The Morgan fingerprint density at radius 1 is 1.29 bits per heavy atom. The normalized spacial score (nSPS) is 11.2. The van der Waals surface area contributed by atoms with Crippen molar-refractivity contribution in [1.29, 1.82) is 0 Å². The average Bonchev–Trinajstić information content (AvgIpc) is 2.87. The zero-order valence-corrected chi connectivity index (χ0v) is 13.1. The van der Waals surface area contributed by atoms with Crippen LogP contribution in [-0.4, -0.2) is 24.9 Å². The van der Waals surface area contributed by atoms with Crippen LogP contribution in [0.15, 0.2) is 40.5 Å². The van der Waals surface area contributed by atoms with Crippen molar-refractivity contribution < 1.29 is 0 Å². The van der Waals surface area contributed by atoms with Crippen LogP contribution in [0.3, 0.4) is 0 Å². The van der Waals surface area contributed by atoms with Gasteiger partial charge in [-0.1, -0.05) is 30.3 Å². The van der Waals surface area contributed by atoms with E-state index in [9.17, 15) is 4.79 Å². The molecule has 0 atom stereocenters. The number of nitrogens with zero attached hydrogens (tertiary/aromatic N) is 4. The summed E-state index contributed by atoms with van der Waals surface area (Å²) in [6.45, 7) is 3.94. The van der Waals surface area contributed by atoms with Crippen molar-refractivity contribution in [3.8, 4) is 5.69 Å². The SMILES string of the molecule is CCSc1nnc2c(=O)n(-c3ccc(Cl)c(C)c3)ccn12. The highest BCUT2D eigenvalue weighted by Crippen LogP contribution is 2.19. The van der Waals surface area contributed by atoms with Gasteiger partial charge in [0.15, 0.2) is 5.16 Å². The third-order valence-electron chi connectivity index (χ3n) is 3.13. The maximum atomic E-state index is 12.5. The molecule has 5 nitrogen and oxygen atoms in total. The van der Waals surface area contributed by atoms with Crippen LogP contribution in [0.2, 0.25) is 5.02 Å². The maximum Gasteiger partial charge on any atom is 0.300 e. The van der Waals surface area contributed by atoms with E-state index in [4.69, 9.17) is 11.6 Å². The molecule has 0 radical (unpaired) electrons. The van der Waals surface area contributed by atoms with Crippen molar-refractivity contribution in [2.45, 2.75) is 19.0 Å². The molecule has 0 N–H and O–H groups in total. The number of hydrogen-bond acceptors (Lipinski definition) is 4. The van der Waals surface area contributed by atoms with Crippen LogP contribution in [0.4, 0.5) is 0 Å². The van der Waals surface area contributed by atoms with Gasteiger partial charge < -0.3 is 0 Å². The van der Waals surface area contributed by atoms with E-state index in [0.717, 1.165) is 22.2 Å². The molecule has 1 aromatic carbocycles. The number of rotatable bonds is 3. The van der Waals surface area contributed by atoms with E-state index in [1.54, 1.807) is 39.2 Å². The van der Waals surface area contributed by atoms with Crippen LogP contribution in [-0.2, 0) is 0 Å². The van der Waals surface area contributed by atoms with E-state index < -0.39 is 0 Å². The van der Waals surface area contributed by atoms with Gasteiger partial charge in [-0.15, -0.1) is 10.2 Å². The molecule has 3 aromatic rings. The van der Waals surface area contributed by atoms with Crippen LogP contribution >= 0.6 is 23.4 Å². The monoisotopic (exact) mass is 320 g/mol. The smallest absolute Gasteiger partial charge is 0.280 e. The van der Waals surface area contributed by atoms with Gasteiger partial charge in [-0.05, 0) is 36.4 Å². The predicted molar refractivity (Wildman–Crippen MR) is 84.7 cm³/mol. The largest absolute Gasteiger partial charge is 0.300 e. The van der Waals surface area contributed by atoms with Crippen molar-refractivity contribution >= 4 is 29.0 Å². The van der Waals surface area contributed by atoms with Crippen LogP contribution in [0, 0.1) is 6.92 Å². The zero-order valence-electron chi connectivity index (χ0n) is 11.6. The third-order valence-corrected chi connectivity index (χ3v) is 4.38. The molecule has 2 heterocycles. The molecule has 0 spiro atoms. The van der Waals surface area contributed by atoms with E-state index in [1.807, 2.05) is 26.0 Å². The molecule has 21 heavy (non-hydrogen) atoms. The van der Waals surface area contributed by atoms with Gasteiger partial charge in [0, 0.05) is 23.1 Å². The molecule has 0 aliphatic heterocycles.